The molecule has 1 saturated carbocycles. The van der Waals surface area contributed by atoms with Gasteiger partial charge in [-0.2, -0.15) is 0 Å². The lowest BCUT2D eigenvalue weighted by atomic mass is 9.94. The second kappa shape index (κ2) is 6.87. The molecule has 1 fully saturated rings. The standard InChI is InChI=1S/C22H27N3O2/c1-14-12-15(2)24-20(13-14)23-21(19-11-10-16(3)27-19)22(24)25(17(4)26)18-8-6-5-7-9-18/h10-13,18H,5-9H2,1-4H3. The summed E-state index contributed by atoms with van der Waals surface area (Å²) in [5.74, 6) is 2.46. The highest BCUT2D eigenvalue weighted by Crippen LogP contribution is 2.37. The highest BCUT2D eigenvalue weighted by Gasteiger charge is 2.31. The molecule has 0 bridgehead atoms. The van der Waals surface area contributed by atoms with Crippen LogP contribution >= 0.6 is 0 Å². The zero-order valence-corrected chi connectivity index (χ0v) is 16.6. The number of carbonyl (C=O) groups is 1. The number of imidazole rings is 1. The molecule has 0 aliphatic heterocycles. The summed E-state index contributed by atoms with van der Waals surface area (Å²) in [5.41, 5.74) is 3.83. The summed E-state index contributed by atoms with van der Waals surface area (Å²) in [7, 11) is 0. The van der Waals surface area contributed by atoms with Crippen LogP contribution in [0.2, 0.25) is 0 Å². The molecule has 0 N–H and O–H groups in total. The molecule has 4 rings (SSSR count). The van der Waals surface area contributed by atoms with E-state index in [4.69, 9.17) is 9.40 Å². The highest BCUT2D eigenvalue weighted by atomic mass is 16.3. The number of aromatic nitrogens is 2. The maximum atomic E-state index is 12.8. The number of amides is 1. The number of anilines is 1. The Morgan fingerprint density at radius 2 is 1.89 bits per heavy atom. The van der Waals surface area contributed by atoms with Gasteiger partial charge in [0.1, 0.15) is 17.1 Å². The molecule has 0 unspecified atom stereocenters. The summed E-state index contributed by atoms with van der Waals surface area (Å²) in [6.45, 7) is 7.73. The molecule has 3 aromatic rings. The van der Waals surface area contributed by atoms with E-state index in [2.05, 4.69) is 30.4 Å². The lowest BCUT2D eigenvalue weighted by molar-refractivity contribution is -0.117. The van der Waals surface area contributed by atoms with E-state index in [9.17, 15) is 4.79 Å². The van der Waals surface area contributed by atoms with Gasteiger partial charge < -0.3 is 4.42 Å². The van der Waals surface area contributed by atoms with Crippen molar-refractivity contribution in [2.45, 2.75) is 65.8 Å². The average molecular weight is 365 g/mol. The lowest BCUT2D eigenvalue weighted by Crippen LogP contribution is -2.41. The van der Waals surface area contributed by atoms with Gasteiger partial charge in [0.2, 0.25) is 5.91 Å². The van der Waals surface area contributed by atoms with Crippen molar-refractivity contribution in [2.75, 3.05) is 4.90 Å². The Kier molecular flexibility index (Phi) is 4.54. The van der Waals surface area contributed by atoms with Crippen molar-refractivity contribution in [2.24, 2.45) is 0 Å². The molecule has 0 atom stereocenters. The molecule has 5 heteroatoms. The minimum Gasteiger partial charge on any atom is -0.460 e. The summed E-state index contributed by atoms with van der Waals surface area (Å²) in [4.78, 5) is 19.7. The smallest absolute Gasteiger partial charge is 0.225 e. The predicted octanol–water partition coefficient (Wildman–Crippen LogP) is 5.21. The molecule has 0 spiro atoms. The van der Waals surface area contributed by atoms with E-state index >= 15 is 0 Å². The maximum Gasteiger partial charge on any atom is 0.225 e. The number of carbonyl (C=O) groups excluding carboxylic acids is 1. The summed E-state index contributed by atoms with van der Waals surface area (Å²) in [6, 6.07) is 8.30. The number of furan rings is 1. The van der Waals surface area contributed by atoms with Crippen molar-refractivity contribution < 1.29 is 9.21 Å². The molecule has 1 aliphatic carbocycles. The fourth-order valence-electron chi connectivity index (χ4n) is 4.38. The van der Waals surface area contributed by atoms with Crippen LogP contribution in [0.1, 0.15) is 56.0 Å². The zero-order valence-electron chi connectivity index (χ0n) is 16.6. The van der Waals surface area contributed by atoms with Crippen LogP contribution in [0.15, 0.2) is 28.7 Å². The van der Waals surface area contributed by atoms with Crippen LogP contribution < -0.4 is 4.90 Å². The van der Waals surface area contributed by atoms with Crippen molar-refractivity contribution in [3.05, 3.63) is 41.3 Å². The van der Waals surface area contributed by atoms with Crippen LogP contribution in [0.3, 0.4) is 0 Å². The molecule has 5 nitrogen and oxygen atoms in total. The summed E-state index contributed by atoms with van der Waals surface area (Å²) < 4.78 is 8.02. The number of fused-ring (bicyclic) bond motifs is 1. The highest BCUT2D eigenvalue weighted by molar-refractivity contribution is 5.95. The van der Waals surface area contributed by atoms with Crippen LogP contribution in [-0.2, 0) is 4.79 Å². The third-order valence-electron chi connectivity index (χ3n) is 5.51. The van der Waals surface area contributed by atoms with Crippen LogP contribution in [0.5, 0.6) is 0 Å². The van der Waals surface area contributed by atoms with Gasteiger partial charge in [0.25, 0.3) is 0 Å². The first-order valence-corrected chi connectivity index (χ1v) is 9.82. The van der Waals surface area contributed by atoms with Gasteiger partial charge >= 0.3 is 0 Å². The summed E-state index contributed by atoms with van der Waals surface area (Å²) >= 11 is 0. The van der Waals surface area contributed by atoms with Gasteiger partial charge in [-0.25, -0.2) is 4.98 Å². The van der Waals surface area contributed by atoms with Crippen LogP contribution in [0.25, 0.3) is 17.1 Å². The maximum absolute atomic E-state index is 12.8. The second-order valence-corrected chi connectivity index (χ2v) is 7.74. The fourth-order valence-corrected chi connectivity index (χ4v) is 4.38. The second-order valence-electron chi connectivity index (χ2n) is 7.74. The van der Waals surface area contributed by atoms with Gasteiger partial charge in [-0.3, -0.25) is 14.1 Å². The molecule has 1 aliphatic rings. The van der Waals surface area contributed by atoms with Crippen molar-refractivity contribution in [1.29, 1.82) is 0 Å². The molecule has 3 heterocycles. The topological polar surface area (TPSA) is 50.8 Å². The van der Waals surface area contributed by atoms with Gasteiger partial charge in [-0.15, -0.1) is 0 Å². The summed E-state index contributed by atoms with van der Waals surface area (Å²) in [5, 5.41) is 0. The molecule has 1 amide bonds. The Hall–Kier alpha value is -2.56. The van der Waals surface area contributed by atoms with E-state index in [0.717, 1.165) is 47.0 Å². The average Bonchev–Trinajstić information content (AvgIpc) is 3.20. The van der Waals surface area contributed by atoms with Crippen LogP contribution in [0, 0.1) is 20.8 Å². The van der Waals surface area contributed by atoms with E-state index in [-0.39, 0.29) is 11.9 Å². The van der Waals surface area contributed by atoms with Crippen LogP contribution in [-0.4, -0.2) is 21.3 Å². The van der Waals surface area contributed by atoms with Crippen molar-refractivity contribution in [1.82, 2.24) is 9.38 Å². The Labute approximate surface area is 160 Å². The number of hydrogen-bond acceptors (Lipinski definition) is 3. The van der Waals surface area contributed by atoms with Crippen molar-refractivity contribution in [3.8, 4) is 11.5 Å². The largest absolute Gasteiger partial charge is 0.460 e. The molecule has 142 valence electrons. The SMILES string of the molecule is CC(=O)N(c1c(-c2ccc(C)o2)nc2cc(C)cc(C)n12)C1CCCCC1. The minimum absolute atomic E-state index is 0.0632. The van der Waals surface area contributed by atoms with Crippen molar-refractivity contribution >= 4 is 17.4 Å². The lowest BCUT2D eigenvalue weighted by Gasteiger charge is -2.33. The number of rotatable bonds is 3. The number of pyridine rings is 1. The van der Waals surface area contributed by atoms with E-state index in [0.29, 0.717) is 5.76 Å². The molecule has 27 heavy (non-hydrogen) atoms. The number of nitrogens with zero attached hydrogens (tertiary/aromatic N) is 3. The third kappa shape index (κ3) is 3.15. The Bertz CT molecular complexity index is 993. The van der Waals surface area contributed by atoms with Gasteiger partial charge in [0.15, 0.2) is 11.6 Å². The molecule has 0 radical (unpaired) electrons. The molecule has 0 saturated heterocycles. The Morgan fingerprint density at radius 1 is 1.15 bits per heavy atom. The normalized spacial score (nSPS) is 15.4. The van der Waals surface area contributed by atoms with Gasteiger partial charge in [0.05, 0.1) is 0 Å². The summed E-state index contributed by atoms with van der Waals surface area (Å²) in [6.07, 6.45) is 5.65. The van der Waals surface area contributed by atoms with Gasteiger partial charge in [0, 0.05) is 18.7 Å². The first kappa shape index (κ1) is 17.8. The number of aryl methyl sites for hydroxylation is 3. The third-order valence-corrected chi connectivity index (χ3v) is 5.51. The molecular weight excluding hydrogens is 338 g/mol. The Morgan fingerprint density at radius 3 is 2.52 bits per heavy atom. The zero-order chi connectivity index (χ0) is 19.1. The Balaban J connectivity index is 1.99. The minimum atomic E-state index is 0.0632. The van der Waals surface area contributed by atoms with Gasteiger partial charge in [-0.1, -0.05) is 19.3 Å². The number of hydrogen-bond donors (Lipinski definition) is 0. The van der Waals surface area contributed by atoms with E-state index in [1.165, 1.54) is 19.3 Å². The van der Waals surface area contributed by atoms with E-state index in [1.54, 1.807) is 6.92 Å². The monoisotopic (exact) mass is 365 g/mol. The first-order valence-electron chi connectivity index (χ1n) is 9.82. The molecule has 0 aromatic carbocycles. The van der Waals surface area contributed by atoms with Gasteiger partial charge in [-0.05, 0) is 63.4 Å². The predicted molar refractivity (Wildman–Crippen MR) is 107 cm³/mol. The quantitative estimate of drug-likeness (QED) is 0.640. The van der Waals surface area contributed by atoms with E-state index < -0.39 is 0 Å². The first-order chi connectivity index (χ1) is 13.0. The molecule has 3 aromatic heterocycles. The van der Waals surface area contributed by atoms with Crippen molar-refractivity contribution in [3.63, 3.8) is 0 Å². The fraction of sp³-hybridized carbons (Fsp3) is 0.455. The molecular formula is C22H27N3O2. The van der Waals surface area contributed by atoms with E-state index in [1.807, 2.05) is 24.0 Å². The van der Waals surface area contributed by atoms with Crippen LogP contribution in [0.4, 0.5) is 5.82 Å².